The van der Waals surface area contributed by atoms with Crippen LogP contribution in [0.3, 0.4) is 0 Å². The molecule has 1 atom stereocenters. The molecule has 1 fully saturated rings. The van der Waals surface area contributed by atoms with Crippen molar-refractivity contribution in [2.45, 2.75) is 81.2 Å². The summed E-state index contributed by atoms with van der Waals surface area (Å²) >= 11 is -0.115. The normalized spacial score (nSPS) is 15.8. The SMILES string of the molecule is CC(C)(C)OC(=O)N[C@@H](C[Se]Cc1ccccc1[N+](=O)[O-])C(=O)NC1CCCCC1. The number of ether oxygens (including phenoxy) is 1. The van der Waals surface area contributed by atoms with E-state index in [2.05, 4.69) is 10.6 Å². The van der Waals surface area contributed by atoms with E-state index in [1.807, 2.05) is 0 Å². The van der Waals surface area contributed by atoms with E-state index in [-0.39, 0.29) is 32.6 Å². The molecule has 2 N–H and O–H groups in total. The molecular formula is C21H31N3O5Se. The Hall–Kier alpha value is -2.12. The second-order valence-electron chi connectivity index (χ2n) is 8.44. The summed E-state index contributed by atoms with van der Waals surface area (Å²) in [6.45, 7) is 5.30. The van der Waals surface area contributed by atoms with Crippen LogP contribution in [0.4, 0.5) is 10.5 Å². The second-order valence-corrected chi connectivity index (χ2v) is 10.6. The fourth-order valence-corrected chi connectivity index (χ4v) is 5.49. The minimum absolute atomic E-state index is 0.0858. The molecule has 1 aromatic rings. The Morgan fingerprint density at radius 1 is 1.23 bits per heavy atom. The van der Waals surface area contributed by atoms with E-state index in [9.17, 15) is 19.7 Å². The van der Waals surface area contributed by atoms with E-state index in [0.717, 1.165) is 25.7 Å². The molecule has 1 aliphatic rings. The zero-order valence-electron chi connectivity index (χ0n) is 17.8. The van der Waals surface area contributed by atoms with Gasteiger partial charge in [0.25, 0.3) is 0 Å². The topological polar surface area (TPSA) is 111 Å². The average molecular weight is 484 g/mol. The molecule has 0 aromatic heterocycles. The first-order valence-corrected chi connectivity index (χ1v) is 12.7. The Morgan fingerprint density at radius 3 is 2.53 bits per heavy atom. The van der Waals surface area contributed by atoms with Gasteiger partial charge in [-0.2, -0.15) is 0 Å². The van der Waals surface area contributed by atoms with Crippen molar-refractivity contribution >= 4 is 32.6 Å². The zero-order valence-corrected chi connectivity index (χ0v) is 19.5. The minimum atomic E-state index is -0.718. The first-order valence-electron chi connectivity index (χ1n) is 10.3. The standard InChI is InChI=1S/C21H31N3O5Se/c1-21(2,3)29-20(26)23-17(19(25)22-16-10-5-4-6-11-16)14-30-13-15-9-7-8-12-18(15)24(27)28/h7-9,12,16-17H,4-6,10-11,13-14H2,1-3H3,(H,22,25)(H,23,26)/t17-/m0/s1. The van der Waals surface area contributed by atoms with Gasteiger partial charge in [0.15, 0.2) is 0 Å². The first-order chi connectivity index (χ1) is 14.2. The number of benzene rings is 1. The van der Waals surface area contributed by atoms with Crippen molar-refractivity contribution in [2.75, 3.05) is 0 Å². The van der Waals surface area contributed by atoms with E-state index in [4.69, 9.17) is 4.74 Å². The summed E-state index contributed by atoms with van der Waals surface area (Å²) in [6, 6.07) is 6.04. The number of hydrogen-bond acceptors (Lipinski definition) is 5. The fraction of sp³-hybridized carbons (Fsp3) is 0.619. The molecule has 1 aliphatic carbocycles. The molecule has 1 aromatic carbocycles. The number of alkyl carbamates (subject to hydrolysis) is 1. The van der Waals surface area contributed by atoms with Crippen LogP contribution in [0.25, 0.3) is 0 Å². The fourth-order valence-electron chi connectivity index (χ4n) is 3.28. The summed E-state index contributed by atoms with van der Waals surface area (Å²) in [5, 5.41) is 17.9. The van der Waals surface area contributed by atoms with Crippen molar-refractivity contribution in [3.63, 3.8) is 0 Å². The van der Waals surface area contributed by atoms with Gasteiger partial charge in [-0.25, -0.2) is 0 Å². The predicted octanol–water partition coefficient (Wildman–Crippen LogP) is 3.56. The summed E-state index contributed by atoms with van der Waals surface area (Å²) in [7, 11) is 0. The number of nitrogens with one attached hydrogen (secondary N) is 2. The quantitative estimate of drug-likeness (QED) is 0.333. The molecular weight excluding hydrogens is 453 g/mol. The monoisotopic (exact) mass is 485 g/mol. The van der Waals surface area contributed by atoms with Crippen LogP contribution in [0.2, 0.25) is 5.32 Å². The summed E-state index contributed by atoms with van der Waals surface area (Å²) < 4.78 is 5.31. The number of nitro benzene ring substituents is 1. The molecule has 1 saturated carbocycles. The van der Waals surface area contributed by atoms with Crippen molar-refractivity contribution in [3.05, 3.63) is 39.9 Å². The van der Waals surface area contributed by atoms with Crippen LogP contribution in [0, 0.1) is 10.1 Å². The third-order valence-corrected chi connectivity index (χ3v) is 6.96. The molecule has 0 bridgehead atoms. The summed E-state index contributed by atoms with van der Waals surface area (Å²) in [5.74, 6) is -0.211. The van der Waals surface area contributed by atoms with Gasteiger partial charge in [0.05, 0.1) is 0 Å². The van der Waals surface area contributed by atoms with E-state index in [0.29, 0.717) is 16.2 Å². The molecule has 0 radical (unpaired) electrons. The Bertz CT molecular complexity index is 744. The number of rotatable bonds is 8. The molecule has 0 unspecified atom stereocenters. The van der Waals surface area contributed by atoms with Gasteiger partial charge in [-0.3, -0.25) is 0 Å². The number of nitro groups is 1. The molecule has 0 spiro atoms. The van der Waals surface area contributed by atoms with Gasteiger partial charge < -0.3 is 0 Å². The van der Waals surface area contributed by atoms with Crippen molar-refractivity contribution < 1.29 is 19.2 Å². The van der Waals surface area contributed by atoms with Crippen LogP contribution in [-0.2, 0) is 14.9 Å². The first kappa shape index (κ1) is 24.2. The van der Waals surface area contributed by atoms with E-state index in [1.165, 1.54) is 12.5 Å². The Morgan fingerprint density at radius 2 is 1.90 bits per heavy atom. The van der Waals surface area contributed by atoms with Crippen molar-refractivity contribution in [2.24, 2.45) is 0 Å². The van der Waals surface area contributed by atoms with Crippen LogP contribution in [0.1, 0.15) is 58.4 Å². The van der Waals surface area contributed by atoms with Gasteiger partial charge in [0, 0.05) is 0 Å². The number of carbonyl (C=O) groups excluding carboxylic acids is 2. The predicted molar refractivity (Wildman–Crippen MR) is 116 cm³/mol. The summed E-state index contributed by atoms with van der Waals surface area (Å²) in [5.41, 5.74) is 0.0680. The molecule has 2 amide bonds. The van der Waals surface area contributed by atoms with Crippen LogP contribution in [-0.4, -0.2) is 49.6 Å². The van der Waals surface area contributed by atoms with Crippen molar-refractivity contribution in [1.82, 2.24) is 10.6 Å². The van der Waals surface area contributed by atoms with Crippen LogP contribution in [0.15, 0.2) is 24.3 Å². The molecule has 0 aliphatic heterocycles. The van der Waals surface area contributed by atoms with Crippen molar-refractivity contribution in [3.8, 4) is 0 Å². The molecule has 166 valence electrons. The van der Waals surface area contributed by atoms with Gasteiger partial charge in [-0.1, -0.05) is 0 Å². The van der Waals surface area contributed by atoms with Crippen molar-refractivity contribution in [1.29, 1.82) is 0 Å². The second kappa shape index (κ2) is 11.3. The van der Waals surface area contributed by atoms with Gasteiger partial charge in [0.2, 0.25) is 0 Å². The van der Waals surface area contributed by atoms with Crippen LogP contribution in [0.5, 0.6) is 0 Å². The van der Waals surface area contributed by atoms with E-state index in [1.54, 1.807) is 39.0 Å². The maximum absolute atomic E-state index is 12.9. The molecule has 8 nitrogen and oxygen atoms in total. The van der Waals surface area contributed by atoms with Gasteiger partial charge in [0.1, 0.15) is 0 Å². The number of para-hydroxylation sites is 1. The molecule has 0 saturated heterocycles. The van der Waals surface area contributed by atoms with Gasteiger partial charge in [-0.15, -0.1) is 0 Å². The van der Waals surface area contributed by atoms with Gasteiger partial charge >= 0.3 is 184 Å². The zero-order chi connectivity index (χ0) is 22.1. The number of amides is 2. The summed E-state index contributed by atoms with van der Waals surface area (Å²) in [4.78, 5) is 35.9. The van der Waals surface area contributed by atoms with E-state index >= 15 is 0 Å². The molecule has 9 heteroatoms. The van der Waals surface area contributed by atoms with Crippen LogP contribution < -0.4 is 10.6 Å². The average Bonchev–Trinajstić information content (AvgIpc) is 2.66. The maximum atomic E-state index is 12.9. The summed E-state index contributed by atoms with van der Waals surface area (Å²) in [6.07, 6.45) is 4.64. The Labute approximate surface area is 183 Å². The number of hydrogen-bond donors (Lipinski definition) is 2. The van der Waals surface area contributed by atoms with E-state index < -0.39 is 22.7 Å². The third-order valence-electron chi connectivity index (χ3n) is 4.69. The molecule has 2 rings (SSSR count). The number of carbonyl (C=O) groups is 2. The third kappa shape index (κ3) is 8.32. The Kier molecular flexibility index (Phi) is 9.11. The van der Waals surface area contributed by atoms with Crippen LogP contribution >= 0.6 is 0 Å². The Balaban J connectivity index is 2.00. The number of nitrogens with zero attached hydrogens (tertiary/aromatic N) is 1. The van der Waals surface area contributed by atoms with Gasteiger partial charge in [-0.05, 0) is 0 Å². The molecule has 0 heterocycles. The molecule has 30 heavy (non-hydrogen) atoms.